The number of furan rings is 1. The molecule has 0 saturated heterocycles. The number of rotatable bonds is 8. The molecule has 1 aromatic heterocycles. The summed E-state index contributed by atoms with van der Waals surface area (Å²) < 4.78 is 5.04. The average Bonchev–Trinajstić information content (AvgIpc) is 2.82. The van der Waals surface area contributed by atoms with Crippen LogP contribution in [0.3, 0.4) is 0 Å². The second-order valence-corrected chi connectivity index (χ2v) is 3.97. The molecular formula is C13H20N2O2. The van der Waals surface area contributed by atoms with Crippen molar-refractivity contribution in [3.05, 3.63) is 24.2 Å². The normalized spacial score (nSPS) is 10.9. The van der Waals surface area contributed by atoms with Crippen molar-refractivity contribution in [3.63, 3.8) is 0 Å². The molecule has 94 valence electrons. The van der Waals surface area contributed by atoms with E-state index in [1.165, 1.54) is 25.5 Å². The fourth-order valence-electron chi connectivity index (χ4n) is 1.48. The average molecular weight is 236 g/mol. The highest BCUT2D eigenvalue weighted by atomic mass is 16.3. The highest BCUT2D eigenvalue weighted by molar-refractivity contribution is 5.80. The van der Waals surface area contributed by atoms with Gasteiger partial charge >= 0.3 is 0 Å². The monoisotopic (exact) mass is 236 g/mol. The topological polar surface area (TPSA) is 54.6 Å². The summed E-state index contributed by atoms with van der Waals surface area (Å²) >= 11 is 0. The van der Waals surface area contributed by atoms with Crippen LogP contribution in [0, 0.1) is 0 Å². The van der Waals surface area contributed by atoms with E-state index in [9.17, 15) is 4.79 Å². The maximum absolute atomic E-state index is 11.3. The standard InChI is InChI=1S/C13H20N2O2/c1-2-3-4-5-6-9-13(16)15-14-11-12-8-7-10-17-12/h7-8,10-11H,2-6,9H2,1H3,(H,15,16). The van der Waals surface area contributed by atoms with E-state index in [-0.39, 0.29) is 5.91 Å². The fourth-order valence-corrected chi connectivity index (χ4v) is 1.48. The lowest BCUT2D eigenvalue weighted by Crippen LogP contribution is -2.16. The van der Waals surface area contributed by atoms with E-state index < -0.39 is 0 Å². The molecule has 0 atom stereocenters. The minimum Gasteiger partial charge on any atom is -0.463 e. The maximum Gasteiger partial charge on any atom is 0.240 e. The van der Waals surface area contributed by atoms with Crippen LogP contribution in [0.5, 0.6) is 0 Å². The van der Waals surface area contributed by atoms with Gasteiger partial charge in [0.1, 0.15) is 5.76 Å². The molecule has 0 unspecified atom stereocenters. The van der Waals surface area contributed by atoms with E-state index in [1.54, 1.807) is 18.4 Å². The molecule has 0 aromatic carbocycles. The van der Waals surface area contributed by atoms with E-state index in [4.69, 9.17) is 4.42 Å². The van der Waals surface area contributed by atoms with Crippen molar-refractivity contribution in [2.24, 2.45) is 5.10 Å². The molecule has 1 amide bonds. The van der Waals surface area contributed by atoms with Gasteiger partial charge < -0.3 is 4.42 Å². The van der Waals surface area contributed by atoms with E-state index in [1.807, 2.05) is 0 Å². The number of nitrogens with zero attached hydrogens (tertiary/aromatic N) is 1. The summed E-state index contributed by atoms with van der Waals surface area (Å²) in [5, 5.41) is 3.81. The van der Waals surface area contributed by atoms with Crippen LogP contribution in [0.1, 0.15) is 51.2 Å². The summed E-state index contributed by atoms with van der Waals surface area (Å²) in [6.07, 6.45) is 9.33. The van der Waals surface area contributed by atoms with Crippen LogP contribution in [-0.4, -0.2) is 12.1 Å². The van der Waals surface area contributed by atoms with Gasteiger partial charge in [0.05, 0.1) is 12.5 Å². The van der Waals surface area contributed by atoms with Crippen molar-refractivity contribution in [2.45, 2.75) is 45.4 Å². The zero-order valence-electron chi connectivity index (χ0n) is 10.3. The predicted molar refractivity (Wildman–Crippen MR) is 67.8 cm³/mol. The van der Waals surface area contributed by atoms with Crippen molar-refractivity contribution in [3.8, 4) is 0 Å². The van der Waals surface area contributed by atoms with Crippen LogP contribution >= 0.6 is 0 Å². The minimum absolute atomic E-state index is 0.0377. The zero-order valence-corrected chi connectivity index (χ0v) is 10.3. The van der Waals surface area contributed by atoms with E-state index in [2.05, 4.69) is 17.5 Å². The van der Waals surface area contributed by atoms with Gasteiger partial charge in [-0.1, -0.05) is 32.6 Å². The lowest BCUT2D eigenvalue weighted by atomic mass is 10.1. The first-order chi connectivity index (χ1) is 8.33. The number of amides is 1. The number of unbranched alkanes of at least 4 members (excludes halogenated alkanes) is 4. The predicted octanol–water partition coefficient (Wildman–Crippen LogP) is 3.09. The third kappa shape index (κ3) is 6.56. The Kier molecular flexibility index (Phi) is 6.79. The van der Waals surface area contributed by atoms with E-state index >= 15 is 0 Å². The molecule has 17 heavy (non-hydrogen) atoms. The summed E-state index contributed by atoms with van der Waals surface area (Å²) in [7, 11) is 0. The number of carbonyl (C=O) groups excluding carboxylic acids is 1. The second kappa shape index (κ2) is 8.56. The zero-order chi connectivity index (χ0) is 12.3. The van der Waals surface area contributed by atoms with Gasteiger partial charge in [-0.2, -0.15) is 5.10 Å². The Morgan fingerprint density at radius 1 is 1.41 bits per heavy atom. The van der Waals surface area contributed by atoms with Gasteiger partial charge in [-0.3, -0.25) is 4.79 Å². The van der Waals surface area contributed by atoms with Crippen molar-refractivity contribution in [1.29, 1.82) is 0 Å². The van der Waals surface area contributed by atoms with Gasteiger partial charge in [-0.05, 0) is 18.6 Å². The summed E-state index contributed by atoms with van der Waals surface area (Å²) in [6.45, 7) is 2.18. The van der Waals surface area contributed by atoms with Crippen LogP contribution in [0.4, 0.5) is 0 Å². The molecule has 1 N–H and O–H groups in total. The number of nitrogens with one attached hydrogen (secondary N) is 1. The molecule has 0 aliphatic heterocycles. The van der Waals surface area contributed by atoms with Crippen LogP contribution in [0.2, 0.25) is 0 Å². The lowest BCUT2D eigenvalue weighted by molar-refractivity contribution is -0.121. The van der Waals surface area contributed by atoms with Gasteiger partial charge in [0, 0.05) is 6.42 Å². The van der Waals surface area contributed by atoms with Gasteiger partial charge in [-0.15, -0.1) is 0 Å². The molecule has 0 spiro atoms. The third-order valence-electron chi connectivity index (χ3n) is 2.43. The summed E-state index contributed by atoms with van der Waals surface area (Å²) in [6, 6.07) is 3.55. The van der Waals surface area contributed by atoms with Gasteiger partial charge in [0.15, 0.2) is 0 Å². The number of hydrogen-bond donors (Lipinski definition) is 1. The molecule has 0 aliphatic rings. The van der Waals surface area contributed by atoms with Crippen LogP contribution in [-0.2, 0) is 4.79 Å². The Labute approximate surface area is 102 Å². The van der Waals surface area contributed by atoms with Gasteiger partial charge in [0.2, 0.25) is 5.91 Å². The number of hydrazone groups is 1. The quantitative estimate of drug-likeness (QED) is 0.428. The molecule has 0 saturated carbocycles. The number of hydrogen-bond acceptors (Lipinski definition) is 3. The van der Waals surface area contributed by atoms with Gasteiger partial charge in [-0.25, -0.2) is 5.43 Å². The maximum atomic E-state index is 11.3. The Bertz CT molecular complexity index is 331. The van der Waals surface area contributed by atoms with Gasteiger partial charge in [0.25, 0.3) is 0 Å². The van der Waals surface area contributed by atoms with Crippen molar-refractivity contribution in [1.82, 2.24) is 5.43 Å². The molecule has 0 aliphatic carbocycles. The molecule has 1 aromatic rings. The first-order valence-electron chi connectivity index (χ1n) is 6.18. The van der Waals surface area contributed by atoms with Crippen molar-refractivity contribution >= 4 is 12.1 Å². The lowest BCUT2D eigenvalue weighted by Gasteiger charge is -1.99. The highest BCUT2D eigenvalue weighted by Gasteiger charge is 1.98. The Morgan fingerprint density at radius 3 is 2.94 bits per heavy atom. The Hall–Kier alpha value is -1.58. The highest BCUT2D eigenvalue weighted by Crippen LogP contribution is 2.04. The molecule has 0 bridgehead atoms. The van der Waals surface area contributed by atoms with Crippen LogP contribution in [0.25, 0.3) is 0 Å². The SMILES string of the molecule is CCCCCCCC(=O)NN=Cc1ccco1. The Morgan fingerprint density at radius 2 is 2.24 bits per heavy atom. The minimum atomic E-state index is -0.0377. The first-order valence-corrected chi connectivity index (χ1v) is 6.18. The molecular weight excluding hydrogens is 216 g/mol. The molecule has 4 nitrogen and oxygen atoms in total. The number of carbonyl (C=O) groups is 1. The Balaban J connectivity index is 2.05. The molecule has 1 rings (SSSR count). The largest absolute Gasteiger partial charge is 0.463 e. The first kappa shape index (κ1) is 13.5. The van der Waals surface area contributed by atoms with E-state index in [0.717, 1.165) is 12.8 Å². The van der Waals surface area contributed by atoms with Crippen molar-refractivity contribution in [2.75, 3.05) is 0 Å². The summed E-state index contributed by atoms with van der Waals surface area (Å²) in [5.41, 5.74) is 2.48. The van der Waals surface area contributed by atoms with Crippen LogP contribution < -0.4 is 5.43 Å². The smallest absolute Gasteiger partial charge is 0.240 e. The van der Waals surface area contributed by atoms with Crippen molar-refractivity contribution < 1.29 is 9.21 Å². The van der Waals surface area contributed by atoms with E-state index in [0.29, 0.717) is 12.2 Å². The second-order valence-electron chi connectivity index (χ2n) is 3.97. The molecule has 4 heteroatoms. The molecule has 1 heterocycles. The van der Waals surface area contributed by atoms with Crippen LogP contribution in [0.15, 0.2) is 27.9 Å². The third-order valence-corrected chi connectivity index (χ3v) is 2.43. The molecule has 0 radical (unpaired) electrons. The summed E-state index contributed by atoms with van der Waals surface area (Å²) in [5.74, 6) is 0.595. The summed E-state index contributed by atoms with van der Waals surface area (Å²) in [4.78, 5) is 11.3. The fraction of sp³-hybridized carbons (Fsp3) is 0.538. The molecule has 0 fully saturated rings.